The Labute approximate surface area is 218 Å². The quantitative estimate of drug-likeness (QED) is 0.420. The molecule has 0 radical (unpaired) electrons. The van der Waals surface area contributed by atoms with E-state index in [0.29, 0.717) is 22.9 Å². The van der Waals surface area contributed by atoms with E-state index in [-0.39, 0.29) is 42.3 Å². The minimum atomic E-state index is -3.65. The number of carbonyl (C=O) groups is 2. The molecule has 1 atom stereocenters. The zero-order chi connectivity index (χ0) is 26.2. The summed E-state index contributed by atoms with van der Waals surface area (Å²) in [6.07, 6.45) is 0.816. The fraction of sp³-hybridized carbons (Fsp3) is 0.440. The largest absolute Gasteiger partial charge is 0.352 e. The maximum atomic E-state index is 13.3. The van der Waals surface area contributed by atoms with Crippen LogP contribution in [0.3, 0.4) is 0 Å². The van der Waals surface area contributed by atoms with Gasteiger partial charge in [-0.15, -0.1) is 0 Å². The molecule has 35 heavy (non-hydrogen) atoms. The van der Waals surface area contributed by atoms with Crippen LogP contribution >= 0.6 is 23.2 Å². The first-order valence-electron chi connectivity index (χ1n) is 11.5. The first-order valence-corrected chi connectivity index (χ1v) is 13.7. The van der Waals surface area contributed by atoms with E-state index in [1.54, 1.807) is 36.4 Å². The second-order valence-corrected chi connectivity index (χ2v) is 11.5. The van der Waals surface area contributed by atoms with Gasteiger partial charge in [-0.3, -0.25) is 9.59 Å². The van der Waals surface area contributed by atoms with Crippen LogP contribution in [-0.4, -0.2) is 55.1 Å². The minimum absolute atomic E-state index is 0.0738. The number of amides is 2. The van der Waals surface area contributed by atoms with Crippen LogP contribution < -0.4 is 5.32 Å². The maximum absolute atomic E-state index is 13.3. The van der Waals surface area contributed by atoms with Crippen LogP contribution in [0.25, 0.3) is 0 Å². The summed E-state index contributed by atoms with van der Waals surface area (Å²) < 4.78 is 26.7. The number of benzene rings is 2. The summed E-state index contributed by atoms with van der Waals surface area (Å²) in [7, 11) is -2.15. The summed E-state index contributed by atoms with van der Waals surface area (Å²) in [6, 6.07) is 12.5. The molecular weight excluding hydrogens is 509 g/mol. The molecule has 2 rings (SSSR count). The average Bonchev–Trinajstić information content (AvgIpc) is 2.81. The third kappa shape index (κ3) is 8.20. The van der Waals surface area contributed by atoms with Crippen molar-refractivity contribution in [3.63, 3.8) is 0 Å². The molecule has 0 bridgehead atoms. The van der Waals surface area contributed by atoms with Crippen molar-refractivity contribution in [3.05, 3.63) is 64.1 Å². The van der Waals surface area contributed by atoms with Crippen molar-refractivity contribution in [2.24, 2.45) is 0 Å². The van der Waals surface area contributed by atoms with E-state index >= 15 is 0 Å². The monoisotopic (exact) mass is 541 g/mol. The Morgan fingerprint density at radius 2 is 1.69 bits per heavy atom. The summed E-state index contributed by atoms with van der Waals surface area (Å²) >= 11 is 12.2. The molecule has 0 saturated heterocycles. The Bertz CT molecular complexity index is 1110. The van der Waals surface area contributed by atoms with E-state index in [0.717, 1.165) is 5.56 Å². The molecule has 0 aliphatic rings. The van der Waals surface area contributed by atoms with E-state index in [9.17, 15) is 18.0 Å². The summed E-state index contributed by atoms with van der Waals surface area (Å²) in [5, 5.41) is 3.65. The summed E-state index contributed by atoms with van der Waals surface area (Å²) in [5.74, 6) is -0.480. The predicted octanol–water partition coefficient (Wildman–Crippen LogP) is 4.73. The van der Waals surface area contributed by atoms with Crippen LogP contribution in [0.1, 0.15) is 45.6 Å². The van der Waals surface area contributed by atoms with E-state index in [2.05, 4.69) is 5.32 Å². The Morgan fingerprint density at radius 1 is 1.03 bits per heavy atom. The lowest BCUT2D eigenvalue weighted by molar-refractivity contribution is -0.141. The van der Waals surface area contributed by atoms with Crippen molar-refractivity contribution in [1.29, 1.82) is 0 Å². The van der Waals surface area contributed by atoms with Gasteiger partial charge in [-0.1, -0.05) is 54.4 Å². The molecule has 0 aromatic heterocycles. The smallest absolute Gasteiger partial charge is 0.243 e. The number of nitrogens with zero attached hydrogens (tertiary/aromatic N) is 2. The van der Waals surface area contributed by atoms with Crippen molar-refractivity contribution in [2.45, 2.75) is 63.6 Å². The highest BCUT2D eigenvalue weighted by Crippen LogP contribution is 2.24. The number of nitrogens with one attached hydrogen (secondary N) is 1. The molecule has 192 valence electrons. The van der Waals surface area contributed by atoms with Gasteiger partial charge in [-0.05, 0) is 56.5 Å². The van der Waals surface area contributed by atoms with Gasteiger partial charge in [0, 0.05) is 32.6 Å². The van der Waals surface area contributed by atoms with Gasteiger partial charge in [0.2, 0.25) is 21.8 Å². The fourth-order valence-electron chi connectivity index (χ4n) is 3.62. The van der Waals surface area contributed by atoms with Gasteiger partial charge < -0.3 is 10.2 Å². The van der Waals surface area contributed by atoms with Gasteiger partial charge >= 0.3 is 0 Å². The Morgan fingerprint density at radius 3 is 2.26 bits per heavy atom. The highest BCUT2D eigenvalue weighted by molar-refractivity contribution is 7.89. The highest BCUT2D eigenvalue weighted by atomic mass is 35.5. The first kappa shape index (κ1) is 29.1. The number of hydrogen-bond donors (Lipinski definition) is 1. The standard InChI is InChI=1S/C25H33Cl2N3O4S/c1-5-23(25(32)28-18(2)3)30(17-19-13-14-21(26)22(27)16-19)24(31)12-9-15-29(4)35(33,34)20-10-7-6-8-11-20/h6-8,10-11,13-14,16,18,23H,5,9,12,15,17H2,1-4H3,(H,28,32)/t23-/m0/s1. The highest BCUT2D eigenvalue weighted by Gasteiger charge is 2.29. The SMILES string of the molecule is CC[C@@H](C(=O)NC(C)C)N(Cc1ccc(Cl)c(Cl)c1)C(=O)CCCN(C)S(=O)(=O)c1ccccc1. The lowest BCUT2D eigenvalue weighted by Gasteiger charge is -2.31. The van der Waals surface area contributed by atoms with Crippen LogP contribution in [-0.2, 0) is 26.2 Å². The molecule has 2 aromatic rings. The Kier molecular flexibility index (Phi) is 11.0. The van der Waals surface area contributed by atoms with Crippen LogP contribution in [0.4, 0.5) is 0 Å². The zero-order valence-electron chi connectivity index (χ0n) is 20.5. The van der Waals surface area contributed by atoms with Crippen molar-refractivity contribution in [2.75, 3.05) is 13.6 Å². The maximum Gasteiger partial charge on any atom is 0.243 e. The van der Waals surface area contributed by atoms with Crippen LogP contribution in [0, 0.1) is 0 Å². The van der Waals surface area contributed by atoms with Crippen molar-refractivity contribution in [1.82, 2.24) is 14.5 Å². The lowest BCUT2D eigenvalue weighted by Crippen LogP contribution is -2.50. The van der Waals surface area contributed by atoms with Crippen molar-refractivity contribution >= 4 is 45.0 Å². The minimum Gasteiger partial charge on any atom is -0.352 e. The van der Waals surface area contributed by atoms with Crippen LogP contribution in [0.2, 0.25) is 10.0 Å². The summed E-state index contributed by atoms with van der Waals surface area (Å²) in [6.45, 7) is 5.91. The van der Waals surface area contributed by atoms with Gasteiger partial charge in [-0.25, -0.2) is 12.7 Å². The number of hydrogen-bond acceptors (Lipinski definition) is 4. The van der Waals surface area contributed by atoms with Gasteiger partial charge in [0.1, 0.15) is 6.04 Å². The third-order valence-electron chi connectivity index (χ3n) is 5.47. The van der Waals surface area contributed by atoms with Crippen LogP contribution in [0.5, 0.6) is 0 Å². The molecule has 0 aliphatic carbocycles. The molecule has 0 saturated carbocycles. The van der Waals surface area contributed by atoms with Crippen molar-refractivity contribution in [3.8, 4) is 0 Å². The molecule has 7 nitrogen and oxygen atoms in total. The molecule has 2 amide bonds. The van der Waals surface area contributed by atoms with E-state index in [1.165, 1.54) is 28.4 Å². The number of carbonyl (C=O) groups excluding carboxylic acids is 2. The fourth-order valence-corrected chi connectivity index (χ4v) is 5.18. The topological polar surface area (TPSA) is 86.8 Å². The molecule has 0 aliphatic heterocycles. The molecule has 0 unspecified atom stereocenters. The number of halogens is 2. The number of sulfonamides is 1. The van der Waals surface area contributed by atoms with E-state index in [4.69, 9.17) is 23.2 Å². The molecule has 10 heteroatoms. The second kappa shape index (κ2) is 13.3. The average molecular weight is 543 g/mol. The molecule has 0 fully saturated rings. The molecular formula is C25H33Cl2N3O4S. The zero-order valence-corrected chi connectivity index (χ0v) is 22.8. The third-order valence-corrected chi connectivity index (χ3v) is 8.08. The number of rotatable bonds is 12. The second-order valence-electron chi connectivity index (χ2n) is 8.60. The van der Waals surface area contributed by atoms with Gasteiger partial charge in [0.25, 0.3) is 0 Å². The summed E-state index contributed by atoms with van der Waals surface area (Å²) in [4.78, 5) is 27.9. The Hall–Kier alpha value is -2.13. The molecule has 2 aromatic carbocycles. The molecule has 0 spiro atoms. The van der Waals surface area contributed by atoms with E-state index < -0.39 is 16.1 Å². The van der Waals surface area contributed by atoms with Gasteiger partial charge in [-0.2, -0.15) is 0 Å². The molecule has 1 N–H and O–H groups in total. The van der Waals surface area contributed by atoms with Gasteiger partial charge in [0.15, 0.2) is 0 Å². The normalized spacial score (nSPS) is 12.6. The lowest BCUT2D eigenvalue weighted by atomic mass is 10.1. The summed E-state index contributed by atoms with van der Waals surface area (Å²) in [5.41, 5.74) is 0.743. The predicted molar refractivity (Wildman–Crippen MR) is 140 cm³/mol. The van der Waals surface area contributed by atoms with Crippen molar-refractivity contribution < 1.29 is 18.0 Å². The first-order chi connectivity index (χ1) is 16.5. The van der Waals surface area contributed by atoms with Crippen LogP contribution in [0.15, 0.2) is 53.4 Å². The molecule has 0 heterocycles. The van der Waals surface area contributed by atoms with E-state index in [1.807, 2.05) is 20.8 Å². The Balaban J connectivity index is 2.16. The van der Waals surface area contributed by atoms with Gasteiger partial charge in [0.05, 0.1) is 14.9 Å².